The largest absolute Gasteiger partial charge is 0.376 e. The number of nitrogens with one attached hydrogen (secondary N) is 1. The zero-order valence-electron chi connectivity index (χ0n) is 12.0. The lowest BCUT2D eigenvalue weighted by Gasteiger charge is -2.21. The van der Waals surface area contributed by atoms with E-state index in [1.807, 2.05) is 55.4 Å². The minimum Gasteiger partial charge on any atom is -0.376 e. The first-order valence-corrected chi connectivity index (χ1v) is 6.50. The number of hydrogen-bond donors (Lipinski definition) is 1. The van der Waals surface area contributed by atoms with Crippen LogP contribution in [0.1, 0.15) is 24.1 Å². The van der Waals surface area contributed by atoms with Gasteiger partial charge in [-0.3, -0.25) is 0 Å². The van der Waals surface area contributed by atoms with E-state index < -0.39 is 0 Å². The van der Waals surface area contributed by atoms with Gasteiger partial charge in [-0.25, -0.2) is 4.98 Å². The van der Waals surface area contributed by atoms with E-state index in [1.165, 1.54) is 0 Å². The summed E-state index contributed by atoms with van der Waals surface area (Å²) in [5, 5.41) is 12.4. The van der Waals surface area contributed by atoms with Crippen molar-refractivity contribution in [3.8, 4) is 6.07 Å². The molecule has 0 saturated carbocycles. The smallest absolute Gasteiger partial charge is 0.151 e. The molecule has 0 radical (unpaired) electrons. The topological polar surface area (TPSA) is 52.0 Å². The van der Waals surface area contributed by atoms with Gasteiger partial charge in [-0.1, -0.05) is 12.1 Å². The van der Waals surface area contributed by atoms with E-state index in [0.717, 1.165) is 17.1 Å². The van der Waals surface area contributed by atoms with E-state index in [0.29, 0.717) is 5.56 Å². The highest BCUT2D eigenvalue weighted by Crippen LogP contribution is 2.26. The Labute approximate surface area is 119 Å². The number of anilines is 2. The fourth-order valence-electron chi connectivity index (χ4n) is 2.06. The lowest BCUT2D eigenvalue weighted by Crippen LogP contribution is -2.15. The summed E-state index contributed by atoms with van der Waals surface area (Å²) in [6.45, 7) is 2.07. The van der Waals surface area contributed by atoms with Gasteiger partial charge in [0.2, 0.25) is 0 Å². The second-order valence-corrected chi connectivity index (χ2v) is 4.87. The van der Waals surface area contributed by atoms with Crippen molar-refractivity contribution >= 4 is 11.5 Å². The fraction of sp³-hybridized carbons (Fsp3) is 0.250. The van der Waals surface area contributed by atoms with Crippen molar-refractivity contribution in [2.45, 2.75) is 13.0 Å². The highest BCUT2D eigenvalue weighted by molar-refractivity contribution is 5.65. The number of benzene rings is 1. The second kappa shape index (κ2) is 6.07. The quantitative estimate of drug-likeness (QED) is 0.923. The Balaban J connectivity index is 2.23. The van der Waals surface area contributed by atoms with E-state index in [-0.39, 0.29) is 6.04 Å². The number of hydrogen-bond acceptors (Lipinski definition) is 4. The third kappa shape index (κ3) is 3.07. The van der Waals surface area contributed by atoms with Crippen LogP contribution in [0.15, 0.2) is 42.6 Å². The van der Waals surface area contributed by atoms with Gasteiger partial charge in [0.25, 0.3) is 0 Å². The normalized spacial score (nSPS) is 11.5. The molecule has 4 nitrogen and oxygen atoms in total. The average molecular weight is 266 g/mol. The van der Waals surface area contributed by atoms with Crippen LogP contribution in [0.25, 0.3) is 0 Å². The Bertz CT molecular complexity index is 628. The van der Waals surface area contributed by atoms with E-state index in [1.54, 1.807) is 6.20 Å². The SMILES string of the molecule is CC(Nc1cccnc1N(C)C)c1cccc(C#N)c1. The molecule has 0 fully saturated rings. The van der Waals surface area contributed by atoms with Crippen LogP contribution in [0.2, 0.25) is 0 Å². The maximum absolute atomic E-state index is 8.96. The van der Waals surface area contributed by atoms with Gasteiger partial charge in [-0.05, 0) is 36.8 Å². The van der Waals surface area contributed by atoms with E-state index in [2.05, 4.69) is 23.3 Å². The molecular weight excluding hydrogens is 248 g/mol. The molecule has 0 aliphatic carbocycles. The van der Waals surface area contributed by atoms with Crippen LogP contribution >= 0.6 is 0 Å². The van der Waals surface area contributed by atoms with Crippen LogP contribution in [0.3, 0.4) is 0 Å². The molecule has 1 aromatic carbocycles. The second-order valence-electron chi connectivity index (χ2n) is 4.87. The van der Waals surface area contributed by atoms with Gasteiger partial charge < -0.3 is 10.2 Å². The van der Waals surface area contributed by atoms with Crippen LogP contribution in [0.4, 0.5) is 11.5 Å². The maximum Gasteiger partial charge on any atom is 0.151 e. The summed E-state index contributed by atoms with van der Waals surface area (Å²) in [7, 11) is 3.93. The first kappa shape index (κ1) is 13.9. The molecule has 1 atom stereocenters. The molecule has 1 aromatic heterocycles. The number of nitrogens with zero attached hydrogens (tertiary/aromatic N) is 3. The summed E-state index contributed by atoms with van der Waals surface area (Å²) in [6.07, 6.45) is 1.78. The van der Waals surface area contributed by atoms with Crippen molar-refractivity contribution in [2.24, 2.45) is 0 Å². The first-order chi connectivity index (χ1) is 9.61. The monoisotopic (exact) mass is 266 g/mol. The van der Waals surface area contributed by atoms with Crippen molar-refractivity contribution in [2.75, 3.05) is 24.3 Å². The lowest BCUT2D eigenvalue weighted by atomic mass is 10.1. The molecule has 0 aliphatic rings. The Morgan fingerprint density at radius 3 is 2.75 bits per heavy atom. The van der Waals surface area contributed by atoms with Gasteiger partial charge in [0, 0.05) is 26.3 Å². The molecule has 4 heteroatoms. The summed E-state index contributed by atoms with van der Waals surface area (Å²) in [6, 6.07) is 13.8. The Morgan fingerprint density at radius 1 is 1.25 bits per heavy atom. The Morgan fingerprint density at radius 2 is 2.05 bits per heavy atom. The predicted octanol–water partition coefficient (Wildman–Crippen LogP) is 3.19. The van der Waals surface area contributed by atoms with Crippen LogP contribution in [0.5, 0.6) is 0 Å². The summed E-state index contributed by atoms with van der Waals surface area (Å²) in [5.74, 6) is 0.899. The van der Waals surface area contributed by atoms with E-state index in [4.69, 9.17) is 5.26 Å². The predicted molar refractivity (Wildman–Crippen MR) is 81.8 cm³/mol. The van der Waals surface area contributed by atoms with Gasteiger partial charge in [0.05, 0.1) is 17.3 Å². The molecule has 1 unspecified atom stereocenters. The number of pyridine rings is 1. The molecule has 0 spiro atoms. The van der Waals surface area contributed by atoms with Gasteiger partial charge >= 0.3 is 0 Å². The number of rotatable bonds is 4. The minimum atomic E-state index is 0.103. The molecule has 0 saturated heterocycles. The zero-order chi connectivity index (χ0) is 14.5. The molecule has 2 aromatic rings. The van der Waals surface area contributed by atoms with E-state index in [9.17, 15) is 0 Å². The molecule has 0 aliphatic heterocycles. The number of aromatic nitrogens is 1. The van der Waals surface area contributed by atoms with Gasteiger partial charge in [0.1, 0.15) is 0 Å². The van der Waals surface area contributed by atoms with Crippen LogP contribution in [-0.4, -0.2) is 19.1 Å². The van der Waals surface area contributed by atoms with Crippen molar-refractivity contribution < 1.29 is 0 Å². The Hall–Kier alpha value is -2.54. The molecule has 2 rings (SSSR count). The van der Waals surface area contributed by atoms with Crippen molar-refractivity contribution in [1.82, 2.24) is 4.98 Å². The molecule has 1 N–H and O–H groups in total. The van der Waals surface area contributed by atoms with Crippen molar-refractivity contribution in [1.29, 1.82) is 5.26 Å². The molecule has 1 heterocycles. The highest BCUT2D eigenvalue weighted by Gasteiger charge is 2.10. The highest BCUT2D eigenvalue weighted by atomic mass is 15.2. The van der Waals surface area contributed by atoms with Crippen LogP contribution < -0.4 is 10.2 Å². The maximum atomic E-state index is 8.96. The summed E-state index contributed by atoms with van der Waals surface area (Å²) in [5.41, 5.74) is 2.74. The zero-order valence-corrected chi connectivity index (χ0v) is 12.0. The summed E-state index contributed by atoms with van der Waals surface area (Å²) in [4.78, 5) is 6.34. The lowest BCUT2D eigenvalue weighted by molar-refractivity contribution is 0.879. The molecular formula is C16H18N4. The molecule has 0 amide bonds. The van der Waals surface area contributed by atoms with Crippen LogP contribution in [0, 0.1) is 11.3 Å². The van der Waals surface area contributed by atoms with Crippen LogP contribution in [-0.2, 0) is 0 Å². The first-order valence-electron chi connectivity index (χ1n) is 6.50. The number of nitriles is 1. The third-order valence-electron chi connectivity index (χ3n) is 3.10. The standard InChI is InChI=1S/C16H18N4/c1-12(14-7-4-6-13(10-14)11-17)19-15-8-5-9-18-16(15)20(2)3/h4-10,12,19H,1-3H3. The molecule has 102 valence electrons. The van der Waals surface area contributed by atoms with E-state index >= 15 is 0 Å². The Kier molecular flexibility index (Phi) is 4.21. The van der Waals surface area contributed by atoms with Gasteiger partial charge in [-0.2, -0.15) is 5.26 Å². The molecule has 0 bridgehead atoms. The molecule has 20 heavy (non-hydrogen) atoms. The summed E-state index contributed by atoms with van der Waals surface area (Å²) < 4.78 is 0. The van der Waals surface area contributed by atoms with Gasteiger partial charge in [-0.15, -0.1) is 0 Å². The van der Waals surface area contributed by atoms with Crippen molar-refractivity contribution in [3.63, 3.8) is 0 Å². The fourth-order valence-corrected chi connectivity index (χ4v) is 2.06. The van der Waals surface area contributed by atoms with Crippen molar-refractivity contribution in [3.05, 3.63) is 53.7 Å². The summed E-state index contributed by atoms with van der Waals surface area (Å²) >= 11 is 0. The average Bonchev–Trinajstić information content (AvgIpc) is 2.47. The van der Waals surface area contributed by atoms with Gasteiger partial charge in [0.15, 0.2) is 5.82 Å². The third-order valence-corrected chi connectivity index (χ3v) is 3.10. The minimum absolute atomic E-state index is 0.103.